The van der Waals surface area contributed by atoms with E-state index in [9.17, 15) is 0 Å². The maximum absolute atomic E-state index is 5.81. The SMILES string of the molecule is [B]c1c(Br)cc(Br)c(CC)c1Br. The molecule has 0 aliphatic rings. The van der Waals surface area contributed by atoms with E-state index in [0.29, 0.717) is 0 Å². The van der Waals surface area contributed by atoms with Crippen molar-refractivity contribution in [2.24, 2.45) is 0 Å². The van der Waals surface area contributed by atoms with E-state index in [0.717, 1.165) is 25.3 Å². The minimum atomic E-state index is 0.759. The molecular formula is C8H6BBr3. The molecule has 0 atom stereocenters. The van der Waals surface area contributed by atoms with Gasteiger partial charge in [-0.2, -0.15) is 0 Å². The number of hydrogen-bond acceptors (Lipinski definition) is 0. The van der Waals surface area contributed by atoms with Gasteiger partial charge in [0.1, 0.15) is 7.85 Å². The van der Waals surface area contributed by atoms with Crippen LogP contribution in [-0.2, 0) is 6.42 Å². The summed E-state index contributed by atoms with van der Waals surface area (Å²) in [6, 6.07) is 1.97. The van der Waals surface area contributed by atoms with Gasteiger partial charge in [-0.3, -0.25) is 0 Å². The molecule has 0 aliphatic heterocycles. The van der Waals surface area contributed by atoms with Gasteiger partial charge in [0.2, 0.25) is 0 Å². The molecule has 0 fully saturated rings. The quantitative estimate of drug-likeness (QED) is 0.680. The van der Waals surface area contributed by atoms with Gasteiger partial charge >= 0.3 is 0 Å². The van der Waals surface area contributed by atoms with Crippen molar-refractivity contribution in [2.45, 2.75) is 13.3 Å². The van der Waals surface area contributed by atoms with E-state index >= 15 is 0 Å². The van der Waals surface area contributed by atoms with Crippen LogP contribution in [0.15, 0.2) is 19.5 Å². The highest BCUT2D eigenvalue weighted by atomic mass is 79.9. The highest BCUT2D eigenvalue weighted by Crippen LogP contribution is 2.27. The lowest BCUT2D eigenvalue weighted by Gasteiger charge is -2.09. The zero-order chi connectivity index (χ0) is 9.30. The highest BCUT2D eigenvalue weighted by Gasteiger charge is 2.08. The van der Waals surface area contributed by atoms with Crippen LogP contribution in [0.2, 0.25) is 0 Å². The van der Waals surface area contributed by atoms with Crippen LogP contribution < -0.4 is 5.46 Å². The molecule has 62 valence electrons. The molecule has 1 rings (SSSR count). The second-order valence-corrected chi connectivity index (χ2v) is 4.90. The Balaban J connectivity index is 3.40. The summed E-state index contributed by atoms with van der Waals surface area (Å²) in [6.07, 6.45) is 0.957. The van der Waals surface area contributed by atoms with E-state index in [1.807, 2.05) is 6.07 Å². The van der Waals surface area contributed by atoms with Crippen molar-refractivity contribution < 1.29 is 0 Å². The van der Waals surface area contributed by atoms with E-state index in [4.69, 9.17) is 7.85 Å². The number of rotatable bonds is 1. The average molecular weight is 353 g/mol. The van der Waals surface area contributed by atoms with Crippen LogP contribution in [0.25, 0.3) is 0 Å². The Kier molecular flexibility index (Phi) is 3.86. The minimum Gasteiger partial charge on any atom is -0.0684 e. The maximum atomic E-state index is 5.81. The van der Waals surface area contributed by atoms with E-state index in [2.05, 4.69) is 54.7 Å². The van der Waals surface area contributed by atoms with Crippen LogP contribution in [-0.4, -0.2) is 7.85 Å². The first-order chi connectivity index (χ1) is 5.57. The Morgan fingerprint density at radius 3 is 2.33 bits per heavy atom. The summed E-state index contributed by atoms with van der Waals surface area (Å²) >= 11 is 10.3. The Labute approximate surface area is 98.9 Å². The molecule has 0 aliphatic carbocycles. The van der Waals surface area contributed by atoms with E-state index in [1.165, 1.54) is 5.56 Å². The van der Waals surface area contributed by atoms with Crippen LogP contribution in [0.1, 0.15) is 12.5 Å². The van der Waals surface area contributed by atoms with Crippen molar-refractivity contribution in [1.29, 1.82) is 0 Å². The Morgan fingerprint density at radius 2 is 1.83 bits per heavy atom. The summed E-state index contributed by atoms with van der Waals surface area (Å²) in [5.74, 6) is 0. The van der Waals surface area contributed by atoms with Crippen LogP contribution in [0.3, 0.4) is 0 Å². The minimum absolute atomic E-state index is 0.759. The molecule has 0 saturated heterocycles. The van der Waals surface area contributed by atoms with Crippen molar-refractivity contribution in [1.82, 2.24) is 0 Å². The van der Waals surface area contributed by atoms with Crippen molar-refractivity contribution in [3.05, 3.63) is 25.0 Å². The van der Waals surface area contributed by atoms with Gasteiger partial charge in [-0.25, -0.2) is 0 Å². The molecule has 0 heterocycles. The number of benzene rings is 1. The fourth-order valence-electron chi connectivity index (χ4n) is 0.972. The van der Waals surface area contributed by atoms with Gasteiger partial charge < -0.3 is 0 Å². The van der Waals surface area contributed by atoms with Crippen LogP contribution in [0.5, 0.6) is 0 Å². The van der Waals surface area contributed by atoms with Crippen LogP contribution in [0, 0.1) is 0 Å². The Morgan fingerprint density at radius 1 is 1.25 bits per heavy atom. The fourth-order valence-corrected chi connectivity index (χ4v) is 3.65. The second kappa shape index (κ2) is 4.29. The van der Waals surface area contributed by atoms with Gasteiger partial charge in [-0.05, 0) is 18.1 Å². The highest BCUT2D eigenvalue weighted by molar-refractivity contribution is 9.11. The van der Waals surface area contributed by atoms with Crippen molar-refractivity contribution >= 4 is 61.1 Å². The molecule has 0 nitrogen and oxygen atoms in total. The predicted molar refractivity (Wildman–Crippen MR) is 64.3 cm³/mol. The largest absolute Gasteiger partial charge is 0.116 e. The summed E-state index contributed by atoms with van der Waals surface area (Å²) in [7, 11) is 5.81. The summed E-state index contributed by atoms with van der Waals surface area (Å²) < 4.78 is 2.97. The van der Waals surface area contributed by atoms with Crippen LogP contribution in [0.4, 0.5) is 0 Å². The molecule has 12 heavy (non-hydrogen) atoms. The van der Waals surface area contributed by atoms with Gasteiger partial charge in [0.15, 0.2) is 0 Å². The number of hydrogen-bond donors (Lipinski definition) is 0. The lowest BCUT2D eigenvalue weighted by molar-refractivity contribution is 1.12. The second-order valence-electron chi connectivity index (χ2n) is 2.40. The van der Waals surface area contributed by atoms with E-state index < -0.39 is 0 Å². The molecule has 4 heteroatoms. The molecule has 0 spiro atoms. The van der Waals surface area contributed by atoms with Crippen molar-refractivity contribution in [3.8, 4) is 0 Å². The van der Waals surface area contributed by atoms with Gasteiger partial charge in [0.25, 0.3) is 0 Å². The number of halogens is 3. The molecule has 0 saturated carbocycles. The molecule has 0 N–H and O–H groups in total. The normalized spacial score (nSPS) is 10.3. The third-order valence-electron chi connectivity index (χ3n) is 1.65. The van der Waals surface area contributed by atoms with Gasteiger partial charge in [0, 0.05) is 13.4 Å². The average Bonchev–Trinajstić information content (AvgIpc) is 2.01. The van der Waals surface area contributed by atoms with Crippen molar-refractivity contribution in [2.75, 3.05) is 0 Å². The smallest absolute Gasteiger partial charge is 0.0684 e. The monoisotopic (exact) mass is 350 g/mol. The lowest BCUT2D eigenvalue weighted by atomic mass is 9.94. The molecular weight excluding hydrogens is 347 g/mol. The summed E-state index contributed by atoms with van der Waals surface area (Å²) in [5.41, 5.74) is 1.96. The molecule has 0 bridgehead atoms. The first kappa shape index (κ1) is 10.8. The molecule has 1 aromatic rings. The third-order valence-corrected chi connectivity index (χ3v) is 3.92. The molecule has 0 amide bonds. The van der Waals surface area contributed by atoms with Gasteiger partial charge in [-0.15, -0.1) is 0 Å². The summed E-state index contributed by atoms with van der Waals surface area (Å²) in [5, 5.41) is 0. The molecule has 2 radical (unpaired) electrons. The topological polar surface area (TPSA) is 0 Å². The summed E-state index contributed by atoms with van der Waals surface area (Å²) in [4.78, 5) is 0. The van der Waals surface area contributed by atoms with E-state index in [1.54, 1.807) is 0 Å². The van der Waals surface area contributed by atoms with Crippen molar-refractivity contribution in [3.63, 3.8) is 0 Å². The lowest BCUT2D eigenvalue weighted by Crippen LogP contribution is -2.09. The fraction of sp³-hybridized carbons (Fsp3) is 0.250. The summed E-state index contributed by atoms with van der Waals surface area (Å²) in [6.45, 7) is 2.10. The Hall–Kier alpha value is 0.725. The molecule has 1 aromatic carbocycles. The first-order valence-corrected chi connectivity index (χ1v) is 5.87. The molecule has 0 unspecified atom stereocenters. The maximum Gasteiger partial charge on any atom is 0.116 e. The predicted octanol–water partition coefficient (Wildman–Crippen LogP) is 3.33. The third kappa shape index (κ3) is 1.96. The van der Waals surface area contributed by atoms with Gasteiger partial charge in [-0.1, -0.05) is 60.2 Å². The van der Waals surface area contributed by atoms with Crippen LogP contribution >= 0.6 is 47.8 Å². The van der Waals surface area contributed by atoms with Gasteiger partial charge in [0.05, 0.1) is 0 Å². The molecule has 0 aromatic heterocycles. The zero-order valence-corrected chi connectivity index (χ0v) is 11.3. The first-order valence-electron chi connectivity index (χ1n) is 3.49. The standard InChI is InChI=1S/C8H6BBr3/c1-2-4-5(10)3-6(11)7(9)8(4)12/h3H,2H2,1H3. The Bertz CT molecular complexity index is 310. The van der Waals surface area contributed by atoms with E-state index in [-0.39, 0.29) is 0 Å². The zero-order valence-electron chi connectivity index (χ0n) is 6.50.